The monoisotopic (exact) mass is 408 g/mol. The average Bonchev–Trinajstić information content (AvgIpc) is 2.87. The molecule has 2 aromatic carbocycles. The molecule has 1 unspecified atom stereocenters. The second-order valence-corrected chi connectivity index (χ2v) is 7.84. The Hall–Kier alpha value is -3.39. The maximum Gasteiger partial charge on any atom is 0.348 e. The highest BCUT2D eigenvalue weighted by atomic mass is 32.2. The van der Waals surface area contributed by atoms with E-state index in [-0.39, 0.29) is 22.3 Å². The first-order valence-corrected chi connectivity index (χ1v) is 9.72. The zero-order valence-electron chi connectivity index (χ0n) is 15.4. The van der Waals surface area contributed by atoms with Crippen LogP contribution in [0.5, 0.6) is 5.75 Å². The number of thioether (sulfide) groups is 1. The largest absolute Gasteiger partial charge is 0.507 e. The molecule has 1 aromatic heterocycles. The predicted octanol–water partition coefficient (Wildman–Crippen LogP) is 4.92. The lowest BCUT2D eigenvalue weighted by Gasteiger charge is -2.16. The van der Waals surface area contributed by atoms with E-state index in [1.165, 1.54) is 30.0 Å². The van der Waals surface area contributed by atoms with Crippen LogP contribution in [0, 0.1) is 17.0 Å². The predicted molar refractivity (Wildman–Crippen MR) is 110 cm³/mol. The van der Waals surface area contributed by atoms with Gasteiger partial charge in [-0.15, -0.1) is 11.8 Å². The van der Waals surface area contributed by atoms with Gasteiger partial charge in [-0.05, 0) is 24.6 Å². The number of aromatic hydroxyl groups is 1. The summed E-state index contributed by atoms with van der Waals surface area (Å²) < 4.78 is 5.17. The molecular weight excluding hydrogens is 392 g/mol. The molecule has 7 nitrogen and oxygen atoms in total. The minimum Gasteiger partial charge on any atom is -0.507 e. The first-order chi connectivity index (χ1) is 13.9. The van der Waals surface area contributed by atoms with Gasteiger partial charge in [0.05, 0.1) is 16.3 Å². The number of rotatable bonds is 3. The summed E-state index contributed by atoms with van der Waals surface area (Å²) in [6, 6.07) is 15.3. The SMILES string of the molecule is Cc1cc(O)c(C2=Nc3ccccc3SC(c3cccc([N+](=O)[O-])c3)C2)c(=O)o1. The summed E-state index contributed by atoms with van der Waals surface area (Å²) >= 11 is 1.51. The van der Waals surface area contributed by atoms with Crippen molar-refractivity contribution in [1.29, 1.82) is 0 Å². The molecule has 4 rings (SSSR count). The number of nitro groups is 1. The van der Waals surface area contributed by atoms with Crippen molar-refractivity contribution in [3.8, 4) is 5.75 Å². The minimum atomic E-state index is -0.663. The maximum absolute atomic E-state index is 12.5. The Labute approximate surface area is 169 Å². The van der Waals surface area contributed by atoms with Gasteiger partial charge in [0.2, 0.25) is 0 Å². The van der Waals surface area contributed by atoms with Crippen molar-refractivity contribution in [3.63, 3.8) is 0 Å². The third kappa shape index (κ3) is 3.79. The van der Waals surface area contributed by atoms with Crippen molar-refractivity contribution in [2.45, 2.75) is 23.5 Å². The van der Waals surface area contributed by atoms with E-state index in [9.17, 15) is 20.0 Å². The first kappa shape index (κ1) is 18.9. The molecular formula is C21H16N2O5S. The number of aryl methyl sites for hydroxylation is 1. The van der Waals surface area contributed by atoms with Crippen LogP contribution in [0.3, 0.4) is 0 Å². The molecule has 0 amide bonds. The Kier molecular flexibility index (Phi) is 4.94. The molecule has 0 spiro atoms. The molecule has 0 saturated carbocycles. The molecule has 0 fully saturated rings. The van der Waals surface area contributed by atoms with Gasteiger partial charge < -0.3 is 9.52 Å². The van der Waals surface area contributed by atoms with Crippen molar-refractivity contribution >= 4 is 28.8 Å². The van der Waals surface area contributed by atoms with E-state index in [1.807, 2.05) is 30.3 Å². The lowest BCUT2D eigenvalue weighted by atomic mass is 10.0. The highest BCUT2D eigenvalue weighted by Gasteiger charge is 2.27. The Morgan fingerprint density at radius 3 is 2.76 bits per heavy atom. The van der Waals surface area contributed by atoms with Crippen LogP contribution in [0.2, 0.25) is 0 Å². The van der Waals surface area contributed by atoms with E-state index in [0.717, 1.165) is 10.5 Å². The Morgan fingerprint density at radius 2 is 2.00 bits per heavy atom. The summed E-state index contributed by atoms with van der Waals surface area (Å²) in [5.74, 6) is 0.107. The van der Waals surface area contributed by atoms with Crippen LogP contribution in [0.25, 0.3) is 0 Å². The molecule has 1 atom stereocenters. The molecule has 0 bridgehead atoms. The molecule has 29 heavy (non-hydrogen) atoms. The van der Waals surface area contributed by atoms with Crippen LogP contribution in [0.15, 0.2) is 73.7 Å². The van der Waals surface area contributed by atoms with Crippen LogP contribution in [-0.2, 0) is 0 Å². The molecule has 2 heterocycles. The van der Waals surface area contributed by atoms with Gasteiger partial charge in [0.25, 0.3) is 5.69 Å². The van der Waals surface area contributed by atoms with Crippen LogP contribution < -0.4 is 5.63 Å². The van der Waals surface area contributed by atoms with Crippen molar-refractivity contribution in [2.24, 2.45) is 4.99 Å². The zero-order valence-corrected chi connectivity index (χ0v) is 16.2. The maximum atomic E-state index is 12.5. The summed E-state index contributed by atoms with van der Waals surface area (Å²) in [5, 5.41) is 21.4. The van der Waals surface area contributed by atoms with Gasteiger partial charge in [0.1, 0.15) is 17.1 Å². The van der Waals surface area contributed by atoms with Crippen molar-refractivity contribution < 1.29 is 14.4 Å². The number of nitro benzene ring substituents is 1. The molecule has 146 valence electrons. The van der Waals surface area contributed by atoms with Crippen molar-refractivity contribution in [1.82, 2.24) is 0 Å². The van der Waals surface area contributed by atoms with E-state index in [1.54, 1.807) is 13.0 Å². The number of nitrogens with zero attached hydrogens (tertiary/aromatic N) is 2. The van der Waals surface area contributed by atoms with Gasteiger partial charge in [0.15, 0.2) is 0 Å². The molecule has 1 aliphatic rings. The zero-order chi connectivity index (χ0) is 20.5. The van der Waals surface area contributed by atoms with Gasteiger partial charge in [0, 0.05) is 34.8 Å². The van der Waals surface area contributed by atoms with Gasteiger partial charge >= 0.3 is 5.63 Å². The number of non-ortho nitro benzene ring substituents is 1. The number of aliphatic imine (C=N–C) groups is 1. The van der Waals surface area contributed by atoms with Gasteiger partial charge in [-0.3, -0.25) is 15.1 Å². The molecule has 0 aliphatic carbocycles. The second kappa shape index (κ2) is 7.56. The highest BCUT2D eigenvalue weighted by molar-refractivity contribution is 7.99. The highest BCUT2D eigenvalue weighted by Crippen LogP contribution is 2.46. The number of benzene rings is 2. The Balaban J connectivity index is 1.86. The number of hydrogen-bond acceptors (Lipinski definition) is 7. The van der Waals surface area contributed by atoms with Crippen molar-refractivity contribution in [3.05, 3.63) is 92.0 Å². The van der Waals surface area contributed by atoms with E-state index in [4.69, 9.17) is 4.42 Å². The lowest BCUT2D eigenvalue weighted by Crippen LogP contribution is -2.17. The molecule has 0 saturated heterocycles. The van der Waals surface area contributed by atoms with E-state index < -0.39 is 10.5 Å². The summed E-state index contributed by atoms with van der Waals surface area (Å²) in [5.41, 5.74) is 1.14. The van der Waals surface area contributed by atoms with Crippen LogP contribution in [0.1, 0.15) is 28.6 Å². The van der Waals surface area contributed by atoms with Gasteiger partial charge in [-0.2, -0.15) is 0 Å². The van der Waals surface area contributed by atoms with Crippen LogP contribution in [0.4, 0.5) is 11.4 Å². The summed E-state index contributed by atoms with van der Waals surface area (Å²) in [6.07, 6.45) is 0.294. The fourth-order valence-corrected chi connectivity index (χ4v) is 4.48. The summed E-state index contributed by atoms with van der Waals surface area (Å²) in [4.78, 5) is 28.7. The van der Waals surface area contributed by atoms with Crippen LogP contribution in [-0.4, -0.2) is 15.7 Å². The van der Waals surface area contributed by atoms with E-state index in [2.05, 4.69) is 4.99 Å². The number of hydrogen-bond donors (Lipinski definition) is 1. The lowest BCUT2D eigenvalue weighted by molar-refractivity contribution is -0.384. The Bertz CT molecular complexity index is 1200. The molecule has 0 radical (unpaired) electrons. The summed E-state index contributed by atoms with van der Waals surface area (Å²) in [7, 11) is 0. The summed E-state index contributed by atoms with van der Waals surface area (Å²) in [6.45, 7) is 1.58. The molecule has 1 aliphatic heterocycles. The fourth-order valence-electron chi connectivity index (χ4n) is 3.25. The molecule has 8 heteroatoms. The third-order valence-corrected chi connectivity index (χ3v) is 5.89. The standard InChI is InChI=1S/C21H16N2O5S/c1-12-9-17(24)20(21(25)28-12)16-11-19(13-5-4-6-14(10-13)23(26)27)29-18-8-3-2-7-15(18)22-16/h2-10,19,24H,11H2,1H3. The van der Waals surface area contributed by atoms with E-state index in [0.29, 0.717) is 23.6 Å². The number of para-hydroxylation sites is 1. The third-order valence-electron chi connectivity index (χ3n) is 4.56. The van der Waals surface area contributed by atoms with Gasteiger partial charge in [-0.1, -0.05) is 24.3 Å². The van der Waals surface area contributed by atoms with Crippen molar-refractivity contribution in [2.75, 3.05) is 0 Å². The normalized spacial score (nSPS) is 15.9. The Morgan fingerprint density at radius 1 is 1.21 bits per heavy atom. The fraction of sp³-hybridized carbons (Fsp3) is 0.143. The minimum absolute atomic E-state index is 0.00295. The van der Waals surface area contributed by atoms with Gasteiger partial charge in [-0.25, -0.2) is 4.79 Å². The van der Waals surface area contributed by atoms with Crippen LogP contribution >= 0.6 is 11.8 Å². The van der Waals surface area contributed by atoms with E-state index >= 15 is 0 Å². The second-order valence-electron chi connectivity index (χ2n) is 6.59. The molecule has 3 aromatic rings. The smallest absolute Gasteiger partial charge is 0.348 e. The molecule has 1 N–H and O–H groups in total. The quantitative estimate of drug-likeness (QED) is 0.487. The average molecular weight is 408 g/mol. The first-order valence-electron chi connectivity index (χ1n) is 8.84. The number of fused-ring (bicyclic) bond motifs is 1. The topological polar surface area (TPSA) is 106 Å².